The van der Waals surface area contributed by atoms with Gasteiger partial charge in [0, 0.05) is 19.7 Å². The van der Waals surface area contributed by atoms with Gasteiger partial charge in [-0.2, -0.15) is 0 Å². The van der Waals surface area contributed by atoms with Gasteiger partial charge in [-0.25, -0.2) is 18.8 Å². The van der Waals surface area contributed by atoms with E-state index in [4.69, 9.17) is 4.74 Å². The fraction of sp³-hybridized carbons (Fsp3) is 0.333. The number of aliphatic imine (C=N–C) groups is 1. The monoisotopic (exact) mass is 411 g/mol. The summed E-state index contributed by atoms with van der Waals surface area (Å²) < 4.78 is 33.1. The summed E-state index contributed by atoms with van der Waals surface area (Å²) in [5, 5.41) is 0. The van der Waals surface area contributed by atoms with Gasteiger partial charge in [0.15, 0.2) is 0 Å². The molecule has 1 aromatic carbocycles. The van der Waals surface area contributed by atoms with Crippen molar-refractivity contribution >= 4 is 28.0 Å². The number of benzene rings is 1. The smallest absolute Gasteiger partial charge is 0.228 e. The van der Waals surface area contributed by atoms with Gasteiger partial charge in [0.1, 0.15) is 17.7 Å². The van der Waals surface area contributed by atoms with E-state index in [-0.39, 0.29) is 0 Å². The van der Waals surface area contributed by atoms with Crippen LogP contribution >= 0.6 is 15.9 Å². The molecule has 0 spiro atoms. The lowest BCUT2D eigenvalue weighted by Gasteiger charge is -2.16. The summed E-state index contributed by atoms with van der Waals surface area (Å²) in [6.07, 6.45) is 1.17. The second-order valence-electron chi connectivity index (χ2n) is 5.66. The van der Waals surface area contributed by atoms with Crippen LogP contribution in [0.1, 0.15) is 31.2 Å². The van der Waals surface area contributed by atoms with Crippen LogP contribution in [0.15, 0.2) is 33.7 Å². The van der Waals surface area contributed by atoms with Crippen LogP contribution in [0.2, 0.25) is 0 Å². The Hall–Kier alpha value is -2.02. The van der Waals surface area contributed by atoms with Crippen molar-refractivity contribution in [1.29, 1.82) is 0 Å². The number of aryl methyl sites for hydroxylation is 1. The average molecular weight is 412 g/mol. The first-order chi connectivity index (χ1) is 11.8. The minimum absolute atomic E-state index is 0.345. The Kier molecular flexibility index (Phi) is 6.47. The van der Waals surface area contributed by atoms with Crippen molar-refractivity contribution in [3.8, 4) is 5.88 Å². The highest BCUT2D eigenvalue weighted by Crippen LogP contribution is 2.32. The molecule has 25 heavy (non-hydrogen) atoms. The molecular formula is C18H20BrF2N3O. The molecule has 0 N–H and O–H groups in total. The Bertz CT molecular complexity index is 763. The summed E-state index contributed by atoms with van der Waals surface area (Å²) >= 11 is 3.41. The van der Waals surface area contributed by atoms with Gasteiger partial charge in [0.05, 0.1) is 22.2 Å². The Morgan fingerprint density at radius 3 is 2.52 bits per heavy atom. The van der Waals surface area contributed by atoms with Gasteiger partial charge in [-0.1, -0.05) is 0 Å². The van der Waals surface area contributed by atoms with Crippen LogP contribution in [0.5, 0.6) is 5.88 Å². The van der Waals surface area contributed by atoms with Crippen molar-refractivity contribution < 1.29 is 13.5 Å². The van der Waals surface area contributed by atoms with Gasteiger partial charge in [-0.05, 0) is 60.5 Å². The lowest BCUT2D eigenvalue weighted by molar-refractivity contribution is 0.214. The maximum absolute atomic E-state index is 13.4. The fourth-order valence-corrected chi connectivity index (χ4v) is 2.45. The highest BCUT2D eigenvalue weighted by atomic mass is 79.9. The van der Waals surface area contributed by atoms with Crippen LogP contribution in [-0.4, -0.2) is 29.8 Å². The largest absolute Gasteiger partial charge is 0.469 e. The van der Waals surface area contributed by atoms with Gasteiger partial charge >= 0.3 is 0 Å². The minimum atomic E-state index is -0.640. The van der Waals surface area contributed by atoms with E-state index in [1.165, 1.54) is 12.1 Å². The van der Waals surface area contributed by atoms with Crippen LogP contribution in [-0.2, 0) is 0 Å². The number of ether oxygens (including phenoxy) is 1. The van der Waals surface area contributed by atoms with Gasteiger partial charge in [-0.15, -0.1) is 0 Å². The van der Waals surface area contributed by atoms with Crippen molar-refractivity contribution in [2.45, 2.75) is 26.9 Å². The summed E-state index contributed by atoms with van der Waals surface area (Å²) in [6, 6.07) is 5.12. The van der Waals surface area contributed by atoms with E-state index >= 15 is 0 Å². The zero-order chi connectivity index (χ0) is 18.6. The normalized spacial score (nSPS) is 12.4. The lowest BCUT2D eigenvalue weighted by atomic mass is 10.1. The zero-order valence-electron chi connectivity index (χ0n) is 14.6. The Balaban J connectivity index is 2.22. The van der Waals surface area contributed by atoms with Gasteiger partial charge < -0.3 is 9.64 Å². The first-order valence-electron chi connectivity index (χ1n) is 7.84. The lowest BCUT2D eigenvalue weighted by Crippen LogP contribution is -2.14. The topological polar surface area (TPSA) is 37.7 Å². The molecule has 0 unspecified atom stereocenters. The van der Waals surface area contributed by atoms with E-state index < -0.39 is 17.7 Å². The standard InChI is InChI=1S/C18H20BrF2N3O/c1-5-24(4)10-22-17-9-16(19)18(23-11(17)2)25-12(3)13-6-14(20)8-15(21)7-13/h6-10,12H,5H2,1-4H3/b22-10+/t12-/m1/s1. The summed E-state index contributed by atoms with van der Waals surface area (Å²) in [5.74, 6) is -0.936. The van der Waals surface area contributed by atoms with Crippen molar-refractivity contribution in [3.63, 3.8) is 0 Å². The summed E-state index contributed by atoms with van der Waals surface area (Å²) in [4.78, 5) is 10.7. The molecule has 0 saturated heterocycles. The molecule has 0 amide bonds. The number of pyridine rings is 1. The third-order valence-corrected chi connectivity index (χ3v) is 4.21. The molecule has 0 saturated carbocycles. The summed E-state index contributed by atoms with van der Waals surface area (Å²) in [7, 11) is 1.93. The predicted octanol–water partition coefficient (Wildman–Crippen LogP) is 5.18. The molecule has 2 aromatic rings. The number of halogens is 3. The predicted molar refractivity (Wildman–Crippen MR) is 98.5 cm³/mol. The average Bonchev–Trinajstić information content (AvgIpc) is 2.55. The summed E-state index contributed by atoms with van der Waals surface area (Å²) in [6.45, 7) is 6.41. The molecule has 0 aliphatic heterocycles. The third-order valence-electron chi connectivity index (χ3n) is 3.64. The van der Waals surface area contributed by atoms with Crippen molar-refractivity contribution in [2.75, 3.05) is 13.6 Å². The number of aromatic nitrogens is 1. The number of nitrogens with zero attached hydrogens (tertiary/aromatic N) is 3. The van der Waals surface area contributed by atoms with Gasteiger partial charge in [-0.3, -0.25) is 0 Å². The SMILES string of the molecule is CCN(C)/C=N/c1cc(Br)c(O[C@H](C)c2cc(F)cc(F)c2)nc1C. The maximum Gasteiger partial charge on any atom is 0.228 e. The van der Waals surface area contributed by atoms with Crippen LogP contribution in [0, 0.1) is 18.6 Å². The highest BCUT2D eigenvalue weighted by Gasteiger charge is 2.15. The minimum Gasteiger partial charge on any atom is -0.469 e. The van der Waals surface area contributed by atoms with Crippen LogP contribution in [0.4, 0.5) is 14.5 Å². The van der Waals surface area contributed by atoms with Crippen molar-refractivity contribution in [1.82, 2.24) is 9.88 Å². The molecule has 0 bridgehead atoms. The van der Waals surface area contributed by atoms with E-state index in [0.29, 0.717) is 27.3 Å². The molecular weight excluding hydrogens is 392 g/mol. The van der Waals surface area contributed by atoms with E-state index in [1.54, 1.807) is 19.3 Å². The highest BCUT2D eigenvalue weighted by molar-refractivity contribution is 9.10. The molecule has 0 radical (unpaired) electrons. The number of rotatable bonds is 6. The Morgan fingerprint density at radius 1 is 1.28 bits per heavy atom. The third kappa shape index (κ3) is 5.22. The van der Waals surface area contributed by atoms with Gasteiger partial charge in [0.2, 0.25) is 5.88 Å². The molecule has 1 aromatic heterocycles. The van der Waals surface area contributed by atoms with Gasteiger partial charge in [0.25, 0.3) is 0 Å². The molecule has 4 nitrogen and oxygen atoms in total. The van der Waals surface area contributed by atoms with E-state index in [2.05, 4.69) is 25.9 Å². The maximum atomic E-state index is 13.4. The Morgan fingerprint density at radius 2 is 1.92 bits per heavy atom. The number of hydrogen-bond donors (Lipinski definition) is 0. The van der Waals surface area contributed by atoms with E-state index in [9.17, 15) is 8.78 Å². The van der Waals surface area contributed by atoms with Crippen LogP contribution in [0.3, 0.4) is 0 Å². The van der Waals surface area contributed by atoms with Crippen LogP contribution < -0.4 is 4.74 Å². The first-order valence-corrected chi connectivity index (χ1v) is 8.63. The molecule has 2 rings (SSSR count). The molecule has 1 heterocycles. The zero-order valence-corrected chi connectivity index (χ0v) is 16.1. The number of hydrogen-bond acceptors (Lipinski definition) is 3. The van der Waals surface area contributed by atoms with Crippen molar-refractivity contribution in [3.05, 3.63) is 51.6 Å². The molecule has 0 fully saturated rings. The van der Waals surface area contributed by atoms with E-state index in [1.807, 2.05) is 25.8 Å². The Labute approximate surface area is 154 Å². The second-order valence-corrected chi connectivity index (χ2v) is 6.51. The molecule has 134 valence electrons. The molecule has 1 atom stereocenters. The first kappa shape index (κ1) is 19.3. The summed E-state index contributed by atoms with van der Waals surface area (Å²) in [5.41, 5.74) is 1.80. The fourth-order valence-electron chi connectivity index (χ4n) is 2.05. The molecule has 0 aliphatic carbocycles. The van der Waals surface area contributed by atoms with E-state index in [0.717, 1.165) is 12.6 Å². The molecule has 7 heteroatoms. The second kappa shape index (κ2) is 8.38. The van der Waals surface area contributed by atoms with Crippen LogP contribution in [0.25, 0.3) is 0 Å². The molecule has 0 aliphatic rings. The van der Waals surface area contributed by atoms with Crippen molar-refractivity contribution in [2.24, 2.45) is 4.99 Å². The quantitative estimate of drug-likeness (QED) is 0.485.